The van der Waals surface area contributed by atoms with Crippen molar-refractivity contribution in [1.82, 2.24) is 18.3 Å². The average molecular weight is 578 g/mol. The van der Waals surface area contributed by atoms with Gasteiger partial charge in [0.05, 0.1) is 0 Å². The van der Waals surface area contributed by atoms with Crippen LogP contribution in [-0.4, -0.2) is 60.1 Å². The summed E-state index contributed by atoms with van der Waals surface area (Å²) in [5, 5.41) is 0. The third kappa shape index (κ3) is 15.5. The molecular weight excluding hydrogens is 538 g/mol. The van der Waals surface area contributed by atoms with Gasteiger partial charge in [-0.1, -0.05) is 0 Å². The second-order valence-corrected chi connectivity index (χ2v) is 13.3. The van der Waals surface area contributed by atoms with Crippen LogP contribution in [0.5, 0.6) is 0 Å². The van der Waals surface area contributed by atoms with Crippen LogP contribution in [0.3, 0.4) is 0 Å². The first-order valence-corrected chi connectivity index (χ1v) is 11.9. The molecule has 0 amide bonds. The van der Waals surface area contributed by atoms with Gasteiger partial charge in [0.25, 0.3) is 0 Å². The molecule has 10 heteroatoms. The Hall–Kier alpha value is -1.04. The van der Waals surface area contributed by atoms with E-state index in [1.165, 1.54) is 0 Å². The van der Waals surface area contributed by atoms with E-state index in [1.54, 1.807) is 0 Å². The minimum atomic E-state index is 0. The zero-order chi connectivity index (χ0) is 26.6. The molecule has 2 aliphatic heterocycles. The van der Waals surface area contributed by atoms with Gasteiger partial charge in [-0.2, -0.15) is 0 Å². The largest absolute Gasteiger partial charge is 0 e. The fourth-order valence-corrected chi connectivity index (χ4v) is 4.32. The van der Waals surface area contributed by atoms with Crippen molar-refractivity contribution < 1.29 is 33.4 Å². The van der Waals surface area contributed by atoms with Gasteiger partial charge in [-0.15, -0.1) is 0 Å². The summed E-state index contributed by atoms with van der Waals surface area (Å²) in [5.41, 5.74) is 0.980. The molecule has 33 heavy (non-hydrogen) atoms. The molecule has 0 aliphatic carbocycles. The number of rotatable bonds is 0. The first kappa shape index (κ1) is 39.2. The molecule has 7 nitrogen and oxygen atoms in total. The van der Waals surface area contributed by atoms with Gasteiger partial charge in [-0.05, 0) is 83.1 Å². The van der Waals surface area contributed by atoms with Crippen LogP contribution in [0.15, 0.2) is 24.8 Å². The van der Waals surface area contributed by atoms with Crippen molar-refractivity contribution in [3.63, 3.8) is 0 Å². The Morgan fingerprint density at radius 1 is 0.424 bits per heavy atom. The third-order valence-corrected chi connectivity index (χ3v) is 8.19. The minimum absolute atomic E-state index is 0. The summed E-state index contributed by atoms with van der Waals surface area (Å²) in [6.45, 7) is 40.5. The predicted molar refractivity (Wildman–Crippen MR) is 128 cm³/mol. The zero-order valence-electron chi connectivity index (χ0n) is 22.2. The molecule has 2 rings (SSSR count). The van der Waals surface area contributed by atoms with E-state index in [2.05, 4.69) is 146 Å². The van der Waals surface area contributed by atoms with Crippen molar-refractivity contribution in [2.45, 2.75) is 105 Å². The van der Waals surface area contributed by atoms with Crippen LogP contribution in [0.25, 0.3) is 0 Å². The van der Waals surface area contributed by atoms with Gasteiger partial charge in [-0.3, -0.25) is 0 Å². The molecule has 0 bridgehead atoms. The van der Waals surface area contributed by atoms with E-state index in [9.17, 15) is 0 Å². The summed E-state index contributed by atoms with van der Waals surface area (Å²) < 4.78 is 32.0. The Labute approximate surface area is 220 Å². The fraction of sp³-hybridized carbons (Fsp3) is 0.696. The van der Waals surface area contributed by atoms with Crippen LogP contribution in [-0.2, 0) is 33.4 Å². The van der Waals surface area contributed by atoms with Crippen molar-refractivity contribution in [2.24, 2.45) is 0 Å². The number of nitrogens with zero attached hydrogens (tertiary/aromatic N) is 4. The molecule has 2 aliphatic rings. The van der Waals surface area contributed by atoms with E-state index in [1.807, 2.05) is 0 Å². The molecule has 0 spiro atoms. The zero-order valence-corrected chi connectivity index (χ0v) is 25.9. The number of hydrogen-bond donors (Lipinski definition) is 0. The number of hydrogen-bond acceptors (Lipinski definition) is 4. The molecule has 0 saturated carbocycles. The predicted octanol–water partition coefficient (Wildman–Crippen LogP) is 4.30. The van der Waals surface area contributed by atoms with Crippen molar-refractivity contribution in [3.8, 4) is 0 Å². The SMILES string of the molecule is CC(C)(C)N1C=CN(C(C)(C)C)[Si]1.CC(C)(C)N1C=CN(C(C)(C)C)[Si]1.[C-]#[O+].[C-]#[O+].[C-]#[O+].[Ru]. The van der Waals surface area contributed by atoms with E-state index in [0.717, 1.165) is 19.7 Å². The smallest absolute Gasteiger partial charge is 0 e. The molecule has 0 unspecified atom stereocenters. The Bertz CT molecular complexity index is 546. The standard InChI is InChI=1S/2C10H20N2Si.3CO.Ru/c2*1-9(2,3)11-7-8-12(13-11)10(4,5)6;3*1-2;/h2*7-8H,1-6H3;;;;. The van der Waals surface area contributed by atoms with E-state index >= 15 is 0 Å². The van der Waals surface area contributed by atoms with Crippen LogP contribution in [0, 0.1) is 20.0 Å². The first-order valence-electron chi connectivity index (χ1n) is 10.1. The third-order valence-electron chi connectivity index (χ3n) is 4.05. The van der Waals surface area contributed by atoms with Crippen molar-refractivity contribution in [2.75, 3.05) is 0 Å². The molecule has 0 fully saturated rings. The van der Waals surface area contributed by atoms with E-state index in [4.69, 9.17) is 14.0 Å². The van der Waals surface area contributed by atoms with E-state index in [-0.39, 0.29) is 41.6 Å². The van der Waals surface area contributed by atoms with Gasteiger partial charge in [0.1, 0.15) is 0 Å². The topological polar surface area (TPSA) is 72.7 Å². The molecule has 186 valence electrons. The second kappa shape index (κ2) is 16.6. The molecule has 0 N–H and O–H groups in total. The van der Waals surface area contributed by atoms with Gasteiger partial charge in [-0.25, -0.2) is 0 Å². The van der Waals surface area contributed by atoms with E-state index in [0.29, 0.717) is 0 Å². The first-order chi connectivity index (χ1) is 14.4. The van der Waals surface area contributed by atoms with Crippen molar-refractivity contribution in [1.29, 1.82) is 0 Å². The van der Waals surface area contributed by atoms with Crippen LogP contribution in [0.4, 0.5) is 0 Å². The van der Waals surface area contributed by atoms with Gasteiger partial charge < -0.3 is 18.3 Å². The summed E-state index contributed by atoms with van der Waals surface area (Å²) in [7, 11) is 1.50. The monoisotopic (exact) mass is 578 g/mol. The molecular formula is C23H40N4O3RuSi2. The second-order valence-electron chi connectivity index (χ2n) is 11.0. The van der Waals surface area contributed by atoms with E-state index < -0.39 is 0 Å². The average Bonchev–Trinajstić information content (AvgIpc) is 3.36. The van der Waals surface area contributed by atoms with Crippen molar-refractivity contribution in [3.05, 3.63) is 44.8 Å². The molecule has 0 aromatic rings. The quantitative estimate of drug-likeness (QED) is 0.245. The van der Waals surface area contributed by atoms with Crippen LogP contribution in [0.2, 0.25) is 0 Å². The van der Waals surface area contributed by atoms with Gasteiger partial charge >= 0.3 is 53.6 Å². The molecule has 0 saturated heterocycles. The van der Waals surface area contributed by atoms with Crippen LogP contribution in [0.1, 0.15) is 83.1 Å². The van der Waals surface area contributed by atoms with Crippen molar-refractivity contribution >= 4 is 19.7 Å². The van der Waals surface area contributed by atoms with Gasteiger partial charge in [0.15, 0.2) is 0 Å². The summed E-state index contributed by atoms with van der Waals surface area (Å²) in [6, 6.07) is 0. The van der Waals surface area contributed by atoms with Gasteiger partial charge in [0.2, 0.25) is 0 Å². The Morgan fingerprint density at radius 2 is 0.545 bits per heavy atom. The molecule has 0 aromatic heterocycles. The maximum atomic E-state index is 7.50. The molecule has 4 radical (unpaired) electrons. The van der Waals surface area contributed by atoms with Gasteiger partial charge in [0, 0.05) is 66.4 Å². The fourth-order valence-electron chi connectivity index (χ4n) is 2.13. The Balaban J connectivity index is -0.000000203. The van der Waals surface area contributed by atoms with Crippen LogP contribution < -0.4 is 0 Å². The maximum Gasteiger partial charge on any atom is 0 e. The molecule has 2 heterocycles. The van der Waals surface area contributed by atoms with Crippen LogP contribution >= 0.6 is 0 Å². The summed E-state index contributed by atoms with van der Waals surface area (Å²) >= 11 is 0. The summed E-state index contributed by atoms with van der Waals surface area (Å²) in [6.07, 6.45) is 8.79. The normalized spacial score (nSPS) is 14.8. The Kier molecular flexibility index (Phi) is 19.7. The minimum Gasteiger partial charge on any atom is 0 e. The molecule has 0 atom stereocenters. The maximum absolute atomic E-state index is 7.50. The molecule has 0 aromatic carbocycles. The summed E-state index contributed by atoms with van der Waals surface area (Å²) in [5.74, 6) is 0. The Morgan fingerprint density at radius 3 is 0.606 bits per heavy atom. The summed E-state index contributed by atoms with van der Waals surface area (Å²) in [4.78, 5) is 0.